The molecule has 2 aliphatic rings. The van der Waals surface area contributed by atoms with Gasteiger partial charge in [0.05, 0.1) is 10.6 Å². The normalized spacial score (nSPS) is 16.6. The van der Waals surface area contributed by atoms with Crippen LogP contribution in [0.3, 0.4) is 0 Å². The van der Waals surface area contributed by atoms with Crippen LogP contribution in [0.15, 0.2) is 43.1 Å². The second kappa shape index (κ2) is 8.46. The molecule has 1 aromatic heterocycles. The molecule has 10 heteroatoms. The van der Waals surface area contributed by atoms with Crippen molar-refractivity contribution in [3.05, 3.63) is 64.8 Å². The Kier molecular flexibility index (Phi) is 5.85. The lowest BCUT2D eigenvalue weighted by molar-refractivity contribution is -0.138. The molecular formula is C22H20ClF3N4O2. The van der Waals surface area contributed by atoms with Crippen molar-refractivity contribution in [2.24, 2.45) is 0 Å². The Hall–Kier alpha value is -3.07. The van der Waals surface area contributed by atoms with E-state index in [2.05, 4.69) is 11.6 Å². The van der Waals surface area contributed by atoms with Crippen LogP contribution in [0.4, 0.5) is 19.0 Å². The highest BCUT2D eigenvalue weighted by atomic mass is 35.5. The summed E-state index contributed by atoms with van der Waals surface area (Å²) in [4.78, 5) is 34.1. The first-order chi connectivity index (χ1) is 15.2. The highest BCUT2D eigenvalue weighted by Gasteiger charge is 2.33. The van der Waals surface area contributed by atoms with Gasteiger partial charge < -0.3 is 14.7 Å². The molecule has 1 aromatic carbocycles. The topological polar surface area (TPSA) is 56.8 Å². The molecule has 0 spiro atoms. The molecule has 0 atom stereocenters. The Labute approximate surface area is 187 Å². The van der Waals surface area contributed by atoms with E-state index in [0.29, 0.717) is 37.4 Å². The van der Waals surface area contributed by atoms with Crippen LogP contribution in [0.1, 0.15) is 27.9 Å². The number of nitrogens with zero attached hydrogens (tertiary/aromatic N) is 4. The van der Waals surface area contributed by atoms with Gasteiger partial charge in [-0.15, -0.1) is 0 Å². The van der Waals surface area contributed by atoms with E-state index in [1.54, 1.807) is 21.9 Å². The second-order valence-corrected chi connectivity index (χ2v) is 8.00. The lowest BCUT2D eigenvalue weighted by Crippen LogP contribution is -2.49. The van der Waals surface area contributed by atoms with Gasteiger partial charge in [0, 0.05) is 62.2 Å². The van der Waals surface area contributed by atoms with Crippen molar-refractivity contribution < 1.29 is 22.8 Å². The smallest absolute Gasteiger partial charge is 0.352 e. The van der Waals surface area contributed by atoms with E-state index in [-0.39, 0.29) is 35.6 Å². The molecule has 2 amide bonds. The summed E-state index contributed by atoms with van der Waals surface area (Å²) < 4.78 is 38.4. The third kappa shape index (κ3) is 4.17. The van der Waals surface area contributed by atoms with Gasteiger partial charge in [-0.3, -0.25) is 9.59 Å². The first-order valence-electron chi connectivity index (χ1n) is 10.0. The van der Waals surface area contributed by atoms with Gasteiger partial charge in [-0.1, -0.05) is 36.4 Å². The van der Waals surface area contributed by atoms with E-state index in [1.807, 2.05) is 12.1 Å². The van der Waals surface area contributed by atoms with E-state index >= 15 is 0 Å². The quantitative estimate of drug-likeness (QED) is 0.688. The maximum atomic E-state index is 12.8. The highest BCUT2D eigenvalue weighted by molar-refractivity contribution is 6.33. The number of piperazine rings is 1. The van der Waals surface area contributed by atoms with E-state index in [4.69, 9.17) is 11.6 Å². The maximum absolute atomic E-state index is 12.8. The Morgan fingerprint density at radius 3 is 2.38 bits per heavy atom. The summed E-state index contributed by atoms with van der Waals surface area (Å²) >= 11 is 6.03. The molecule has 6 nitrogen and oxygen atoms in total. The fraction of sp³-hybridized carbons (Fsp3) is 0.318. The highest BCUT2D eigenvalue weighted by Crippen LogP contribution is 2.34. The number of aromatic nitrogens is 1. The van der Waals surface area contributed by atoms with Crippen LogP contribution in [0, 0.1) is 0 Å². The van der Waals surface area contributed by atoms with Gasteiger partial charge in [0.1, 0.15) is 5.82 Å². The van der Waals surface area contributed by atoms with Crippen LogP contribution in [-0.4, -0.2) is 59.3 Å². The van der Waals surface area contributed by atoms with Gasteiger partial charge in [-0.05, 0) is 12.1 Å². The van der Waals surface area contributed by atoms with Crippen molar-refractivity contribution in [3.8, 4) is 0 Å². The lowest BCUT2D eigenvalue weighted by Gasteiger charge is -2.36. The molecular weight excluding hydrogens is 445 g/mol. The summed E-state index contributed by atoms with van der Waals surface area (Å²) in [5, 5.41) is -0.0785. The number of carbonyl (C=O) groups excluding carboxylic acids is 2. The van der Waals surface area contributed by atoms with Crippen molar-refractivity contribution in [2.45, 2.75) is 12.6 Å². The molecule has 4 rings (SSSR count). The minimum Gasteiger partial charge on any atom is -0.352 e. The number of hydrogen-bond donors (Lipinski definition) is 0. The molecule has 0 radical (unpaired) electrons. The molecule has 0 saturated carbocycles. The summed E-state index contributed by atoms with van der Waals surface area (Å²) in [7, 11) is 0. The third-order valence-electron chi connectivity index (χ3n) is 5.67. The van der Waals surface area contributed by atoms with Crippen LogP contribution in [0.25, 0.3) is 5.70 Å². The fourth-order valence-corrected chi connectivity index (χ4v) is 4.21. The van der Waals surface area contributed by atoms with Gasteiger partial charge in [-0.25, -0.2) is 4.98 Å². The number of hydrogen-bond acceptors (Lipinski definition) is 4. The minimum absolute atomic E-state index is 0.0785. The van der Waals surface area contributed by atoms with Crippen molar-refractivity contribution in [1.82, 2.24) is 14.8 Å². The summed E-state index contributed by atoms with van der Waals surface area (Å²) in [5.74, 6) is 0.00223. The summed E-state index contributed by atoms with van der Waals surface area (Å²) in [6, 6.07) is 8.06. The number of carbonyl (C=O) groups is 2. The zero-order valence-corrected chi connectivity index (χ0v) is 17.8. The molecule has 1 saturated heterocycles. The number of amides is 2. The van der Waals surface area contributed by atoms with Crippen LogP contribution in [0.2, 0.25) is 5.02 Å². The molecule has 2 aliphatic heterocycles. The minimum atomic E-state index is -4.51. The van der Waals surface area contributed by atoms with E-state index in [0.717, 1.165) is 17.8 Å². The third-order valence-corrected chi connectivity index (χ3v) is 5.95. The zero-order valence-electron chi connectivity index (χ0n) is 17.0. The number of halogens is 4. The number of rotatable bonds is 4. The van der Waals surface area contributed by atoms with Gasteiger partial charge in [0.15, 0.2) is 0 Å². The molecule has 2 aromatic rings. The SMILES string of the molecule is C=C1c2ccccc2C(=O)N1CCC(=O)N1CCN(c2ncc(C(F)(F)F)cc2Cl)CC1. The second-order valence-electron chi connectivity index (χ2n) is 7.59. The molecule has 0 N–H and O–H groups in total. The standard InChI is InChI=1S/C22H20ClF3N4O2/c1-14-16-4-2-3-5-17(16)21(32)30(14)7-6-19(31)28-8-10-29(11-9-28)20-18(23)12-15(13-27-20)22(24,25)26/h2-5,12-13H,1,6-11H2. The monoisotopic (exact) mass is 464 g/mol. The van der Waals surface area contributed by atoms with Crippen LogP contribution < -0.4 is 4.90 Å². The molecule has 32 heavy (non-hydrogen) atoms. The first kappa shape index (κ1) is 22.1. The summed E-state index contributed by atoms with van der Waals surface area (Å²) in [5.41, 5.74) is 1.05. The molecule has 0 aliphatic carbocycles. The van der Waals surface area contributed by atoms with Crippen molar-refractivity contribution in [3.63, 3.8) is 0 Å². The predicted molar refractivity (Wildman–Crippen MR) is 114 cm³/mol. The Bertz CT molecular complexity index is 1050. The van der Waals surface area contributed by atoms with Crippen LogP contribution in [0.5, 0.6) is 0 Å². The largest absolute Gasteiger partial charge is 0.417 e. The van der Waals surface area contributed by atoms with Crippen LogP contribution in [-0.2, 0) is 11.0 Å². The number of pyridine rings is 1. The number of alkyl halides is 3. The van der Waals surface area contributed by atoms with Crippen molar-refractivity contribution in [1.29, 1.82) is 0 Å². The fourth-order valence-electron chi connectivity index (χ4n) is 3.92. The summed E-state index contributed by atoms with van der Waals surface area (Å²) in [6.45, 7) is 5.76. The Morgan fingerprint density at radius 2 is 1.78 bits per heavy atom. The van der Waals surface area contributed by atoms with E-state index in [9.17, 15) is 22.8 Å². The lowest BCUT2D eigenvalue weighted by atomic mass is 10.1. The number of benzene rings is 1. The Morgan fingerprint density at radius 1 is 1.12 bits per heavy atom. The number of anilines is 1. The van der Waals surface area contributed by atoms with Gasteiger partial charge >= 0.3 is 6.18 Å². The maximum Gasteiger partial charge on any atom is 0.417 e. The molecule has 168 valence electrons. The van der Waals surface area contributed by atoms with E-state index < -0.39 is 11.7 Å². The first-order valence-corrected chi connectivity index (χ1v) is 10.4. The average molecular weight is 465 g/mol. The molecule has 0 unspecified atom stereocenters. The molecule has 1 fully saturated rings. The zero-order chi connectivity index (χ0) is 23.0. The van der Waals surface area contributed by atoms with E-state index in [1.165, 1.54) is 4.90 Å². The van der Waals surface area contributed by atoms with Gasteiger partial charge in [0.25, 0.3) is 5.91 Å². The molecule has 0 bridgehead atoms. The van der Waals surface area contributed by atoms with Gasteiger partial charge in [-0.2, -0.15) is 13.2 Å². The van der Waals surface area contributed by atoms with Gasteiger partial charge in [0.2, 0.25) is 5.91 Å². The average Bonchev–Trinajstić information content (AvgIpc) is 3.01. The van der Waals surface area contributed by atoms with Crippen LogP contribution >= 0.6 is 11.6 Å². The molecule has 3 heterocycles. The Balaban J connectivity index is 1.32. The number of fused-ring (bicyclic) bond motifs is 1. The van der Waals surface area contributed by atoms with Crippen molar-refractivity contribution in [2.75, 3.05) is 37.6 Å². The predicted octanol–water partition coefficient (Wildman–Crippen LogP) is 3.92. The summed E-state index contributed by atoms with van der Waals surface area (Å²) in [6.07, 6.45) is -3.60. The van der Waals surface area contributed by atoms with Crippen molar-refractivity contribution >= 4 is 34.9 Å².